The van der Waals surface area contributed by atoms with E-state index in [0.717, 1.165) is 40.1 Å². The summed E-state index contributed by atoms with van der Waals surface area (Å²) in [5, 5.41) is 3.35. The molecule has 0 unspecified atom stereocenters. The van der Waals surface area contributed by atoms with Gasteiger partial charge in [0.25, 0.3) is 0 Å². The largest absolute Gasteiger partial charge is 0.337 e. The molecule has 5 heteroatoms. The number of benzene rings is 1. The van der Waals surface area contributed by atoms with Crippen LogP contribution in [0.2, 0.25) is 0 Å². The monoisotopic (exact) mass is 314 g/mol. The molecule has 0 amide bonds. The third-order valence-corrected chi connectivity index (χ3v) is 3.85. The van der Waals surface area contributed by atoms with E-state index in [4.69, 9.17) is 0 Å². The summed E-state index contributed by atoms with van der Waals surface area (Å²) in [6, 6.07) is 8.47. The number of aromatic amines is 1. The first-order chi connectivity index (χ1) is 9.29. The first kappa shape index (κ1) is 11.1. The molecular formula is C14H11BrN4. The lowest BCUT2D eigenvalue weighted by molar-refractivity contribution is 0.765. The zero-order chi connectivity index (χ0) is 12.8. The summed E-state index contributed by atoms with van der Waals surface area (Å²) >= 11 is 3.42. The number of nitrogens with one attached hydrogen (secondary N) is 2. The normalized spacial score (nSPS) is 13.9. The fourth-order valence-corrected chi connectivity index (χ4v) is 2.78. The molecule has 4 rings (SSSR count). The van der Waals surface area contributed by atoms with E-state index in [0.29, 0.717) is 0 Å². The Morgan fingerprint density at radius 3 is 2.95 bits per heavy atom. The summed E-state index contributed by atoms with van der Waals surface area (Å²) in [6.07, 6.45) is 1.76. The van der Waals surface area contributed by atoms with Gasteiger partial charge in [-0.2, -0.15) is 0 Å². The van der Waals surface area contributed by atoms with Gasteiger partial charge in [0.05, 0.1) is 5.52 Å². The highest BCUT2D eigenvalue weighted by molar-refractivity contribution is 9.10. The summed E-state index contributed by atoms with van der Waals surface area (Å²) < 4.78 is 0.952. The van der Waals surface area contributed by atoms with Crippen LogP contribution >= 0.6 is 15.9 Å². The van der Waals surface area contributed by atoms with Crippen molar-refractivity contribution < 1.29 is 0 Å². The topological polar surface area (TPSA) is 53.6 Å². The van der Waals surface area contributed by atoms with Crippen LogP contribution in [0.5, 0.6) is 0 Å². The first-order valence-electron chi connectivity index (χ1n) is 6.14. The molecule has 3 aromatic rings. The number of aromatic nitrogens is 3. The van der Waals surface area contributed by atoms with Crippen LogP contribution in [0.3, 0.4) is 0 Å². The van der Waals surface area contributed by atoms with E-state index in [1.807, 2.05) is 6.07 Å². The van der Waals surface area contributed by atoms with E-state index >= 15 is 0 Å². The van der Waals surface area contributed by atoms with Crippen molar-refractivity contribution in [2.75, 3.05) is 0 Å². The molecule has 0 fully saturated rings. The minimum Gasteiger partial charge on any atom is -0.337 e. The van der Waals surface area contributed by atoms with Crippen molar-refractivity contribution in [1.82, 2.24) is 20.3 Å². The second-order valence-corrected chi connectivity index (χ2v) is 5.61. The molecule has 0 aliphatic carbocycles. The van der Waals surface area contributed by atoms with Crippen molar-refractivity contribution in [2.45, 2.75) is 13.1 Å². The zero-order valence-electron chi connectivity index (χ0n) is 10.1. The maximum Gasteiger partial charge on any atom is 0.178 e. The van der Waals surface area contributed by atoms with Gasteiger partial charge in [-0.25, -0.2) is 9.97 Å². The number of halogens is 1. The minimum atomic E-state index is 0.747. The Morgan fingerprint density at radius 2 is 2.00 bits per heavy atom. The van der Waals surface area contributed by atoms with Crippen molar-refractivity contribution in [2.24, 2.45) is 0 Å². The Kier molecular flexibility index (Phi) is 2.43. The van der Waals surface area contributed by atoms with Gasteiger partial charge in [-0.05, 0) is 39.2 Å². The van der Waals surface area contributed by atoms with Gasteiger partial charge in [0.1, 0.15) is 5.82 Å². The Bertz CT molecular complexity index is 778. The maximum absolute atomic E-state index is 4.54. The van der Waals surface area contributed by atoms with Crippen LogP contribution in [-0.4, -0.2) is 15.0 Å². The molecular weight excluding hydrogens is 304 g/mol. The molecule has 1 aliphatic heterocycles. The predicted molar refractivity (Wildman–Crippen MR) is 77.6 cm³/mol. The van der Waals surface area contributed by atoms with Gasteiger partial charge in [0.15, 0.2) is 5.65 Å². The highest BCUT2D eigenvalue weighted by Gasteiger charge is 2.12. The molecule has 0 saturated carbocycles. The average molecular weight is 315 g/mol. The van der Waals surface area contributed by atoms with E-state index < -0.39 is 0 Å². The summed E-state index contributed by atoms with van der Waals surface area (Å²) in [6.45, 7) is 1.90. The maximum atomic E-state index is 4.54. The van der Waals surface area contributed by atoms with Gasteiger partial charge < -0.3 is 10.3 Å². The van der Waals surface area contributed by atoms with Crippen LogP contribution < -0.4 is 5.32 Å². The van der Waals surface area contributed by atoms with Gasteiger partial charge >= 0.3 is 0 Å². The van der Waals surface area contributed by atoms with Crippen LogP contribution in [0.1, 0.15) is 11.1 Å². The third kappa shape index (κ3) is 1.86. The van der Waals surface area contributed by atoms with Crippen molar-refractivity contribution in [3.8, 4) is 11.4 Å². The summed E-state index contributed by atoms with van der Waals surface area (Å²) in [5.74, 6) is 0.871. The zero-order valence-corrected chi connectivity index (χ0v) is 11.7. The number of fused-ring (bicyclic) bond motifs is 2. The number of rotatable bonds is 1. The number of pyridine rings is 1. The van der Waals surface area contributed by atoms with Crippen LogP contribution in [0.25, 0.3) is 22.6 Å². The molecule has 0 saturated heterocycles. The second-order valence-electron chi connectivity index (χ2n) is 4.70. The molecule has 94 valence electrons. The molecule has 2 N–H and O–H groups in total. The van der Waals surface area contributed by atoms with Crippen molar-refractivity contribution in [1.29, 1.82) is 0 Å². The molecule has 3 heterocycles. The van der Waals surface area contributed by atoms with Gasteiger partial charge in [-0.15, -0.1) is 0 Å². The third-order valence-electron chi connectivity index (χ3n) is 3.41. The van der Waals surface area contributed by atoms with E-state index in [9.17, 15) is 0 Å². The number of H-pyrrole nitrogens is 1. The Balaban J connectivity index is 1.85. The molecule has 1 aliphatic rings. The standard InChI is InChI=1S/C14H11BrN4/c15-11-4-12-14(17-7-11)19-13(18-12)8-1-2-9-5-16-6-10(9)3-8/h1-4,7,16H,5-6H2,(H,17,18,19). The van der Waals surface area contributed by atoms with E-state index in [2.05, 4.69) is 54.4 Å². The van der Waals surface area contributed by atoms with Crippen LogP contribution in [0.4, 0.5) is 0 Å². The Labute approximate surface area is 118 Å². The highest BCUT2D eigenvalue weighted by atomic mass is 79.9. The lowest BCUT2D eigenvalue weighted by Crippen LogP contribution is -1.99. The SMILES string of the molecule is Brc1cnc2nc(-c3ccc4c(c3)CNC4)[nH]c2c1. The molecule has 0 bridgehead atoms. The Morgan fingerprint density at radius 1 is 1.11 bits per heavy atom. The summed E-state index contributed by atoms with van der Waals surface area (Å²) in [5.41, 5.74) is 5.53. The molecule has 2 aromatic heterocycles. The highest BCUT2D eigenvalue weighted by Crippen LogP contribution is 2.25. The van der Waals surface area contributed by atoms with Gasteiger partial charge in [-0.1, -0.05) is 12.1 Å². The lowest BCUT2D eigenvalue weighted by Gasteiger charge is -2.00. The molecule has 19 heavy (non-hydrogen) atoms. The molecule has 4 nitrogen and oxygen atoms in total. The molecule has 0 atom stereocenters. The summed E-state index contributed by atoms with van der Waals surface area (Å²) in [4.78, 5) is 12.2. The van der Waals surface area contributed by atoms with Crippen molar-refractivity contribution in [3.63, 3.8) is 0 Å². The summed E-state index contributed by atoms with van der Waals surface area (Å²) in [7, 11) is 0. The fourth-order valence-electron chi connectivity index (χ4n) is 2.45. The number of hydrogen-bond donors (Lipinski definition) is 2. The minimum absolute atomic E-state index is 0.747. The smallest absolute Gasteiger partial charge is 0.178 e. The quantitative estimate of drug-likeness (QED) is 0.726. The second kappa shape index (κ2) is 4.15. The van der Waals surface area contributed by atoms with Crippen LogP contribution in [-0.2, 0) is 13.1 Å². The average Bonchev–Trinajstić information content (AvgIpc) is 3.02. The first-order valence-corrected chi connectivity index (χ1v) is 6.93. The van der Waals surface area contributed by atoms with Gasteiger partial charge in [0.2, 0.25) is 0 Å². The van der Waals surface area contributed by atoms with Crippen molar-refractivity contribution >= 4 is 27.1 Å². The number of nitrogens with zero attached hydrogens (tertiary/aromatic N) is 2. The van der Waals surface area contributed by atoms with Crippen molar-refractivity contribution in [3.05, 3.63) is 46.1 Å². The molecule has 1 aromatic carbocycles. The van der Waals surface area contributed by atoms with Gasteiger partial charge in [0, 0.05) is 29.3 Å². The van der Waals surface area contributed by atoms with E-state index in [1.54, 1.807) is 6.20 Å². The Hall–Kier alpha value is -1.72. The predicted octanol–water partition coefficient (Wildman–Crippen LogP) is 2.99. The molecule has 0 spiro atoms. The number of imidazole rings is 1. The fraction of sp³-hybridized carbons (Fsp3) is 0.143. The van der Waals surface area contributed by atoms with E-state index in [-0.39, 0.29) is 0 Å². The lowest BCUT2D eigenvalue weighted by atomic mass is 10.1. The molecule has 0 radical (unpaired) electrons. The van der Waals surface area contributed by atoms with Crippen LogP contribution in [0.15, 0.2) is 34.9 Å². The van der Waals surface area contributed by atoms with Crippen LogP contribution in [0, 0.1) is 0 Å². The number of hydrogen-bond acceptors (Lipinski definition) is 3. The van der Waals surface area contributed by atoms with Gasteiger partial charge in [-0.3, -0.25) is 0 Å². The van der Waals surface area contributed by atoms with E-state index in [1.165, 1.54) is 11.1 Å².